The Labute approximate surface area is 199 Å². The van der Waals surface area contributed by atoms with Crippen LogP contribution in [0.25, 0.3) is 11.0 Å². The van der Waals surface area contributed by atoms with E-state index in [1.165, 1.54) is 12.0 Å². The second-order valence-electron chi connectivity index (χ2n) is 10.6. The van der Waals surface area contributed by atoms with E-state index in [2.05, 4.69) is 54.5 Å². The minimum absolute atomic E-state index is 0.234. The van der Waals surface area contributed by atoms with Crippen molar-refractivity contribution in [1.29, 1.82) is 0 Å². The molecule has 2 fully saturated rings. The van der Waals surface area contributed by atoms with E-state index in [4.69, 9.17) is 16.6 Å². The molecule has 1 saturated carbocycles. The molecule has 1 amide bonds. The molecule has 1 saturated heterocycles. The summed E-state index contributed by atoms with van der Waals surface area (Å²) in [4.78, 5) is 20.3. The first-order valence-corrected chi connectivity index (χ1v) is 12.7. The maximum Gasteiger partial charge on any atom is 0.233 e. The number of amides is 1. The molecule has 0 spiro atoms. The van der Waals surface area contributed by atoms with Crippen LogP contribution in [0.3, 0.4) is 0 Å². The van der Waals surface area contributed by atoms with Crippen molar-refractivity contribution in [3.63, 3.8) is 0 Å². The fraction of sp³-hybridized carbons (Fsp3) is 0.462. The van der Waals surface area contributed by atoms with Crippen LogP contribution in [0.5, 0.6) is 0 Å². The number of thioether (sulfide) groups is 1. The maximum atomic E-state index is 13.3. The van der Waals surface area contributed by atoms with Gasteiger partial charge in [0.1, 0.15) is 0 Å². The van der Waals surface area contributed by atoms with Crippen LogP contribution in [0.2, 0.25) is 5.02 Å². The number of nitrogens with zero attached hydrogens (tertiary/aromatic N) is 3. The average Bonchev–Trinajstić information content (AvgIpc) is 3.19. The van der Waals surface area contributed by atoms with Gasteiger partial charge in [0.2, 0.25) is 5.91 Å². The van der Waals surface area contributed by atoms with Crippen molar-refractivity contribution in [3.05, 3.63) is 59.1 Å². The van der Waals surface area contributed by atoms with Gasteiger partial charge in [0.15, 0.2) is 5.16 Å². The summed E-state index contributed by atoms with van der Waals surface area (Å²) in [6.45, 7) is 8.64. The molecule has 2 bridgehead atoms. The molecule has 2 atom stereocenters. The monoisotopic (exact) mass is 467 g/mol. The predicted molar refractivity (Wildman–Crippen MR) is 132 cm³/mol. The van der Waals surface area contributed by atoms with Crippen molar-refractivity contribution in [1.82, 2.24) is 14.5 Å². The summed E-state index contributed by atoms with van der Waals surface area (Å²) in [6, 6.07) is 16.6. The number of halogens is 1. The minimum Gasteiger partial charge on any atom is -0.338 e. The van der Waals surface area contributed by atoms with Gasteiger partial charge in [-0.3, -0.25) is 4.79 Å². The van der Waals surface area contributed by atoms with E-state index in [0.717, 1.165) is 35.6 Å². The highest BCUT2D eigenvalue weighted by atomic mass is 35.5. The zero-order chi connectivity index (χ0) is 22.5. The van der Waals surface area contributed by atoms with E-state index in [1.54, 1.807) is 11.8 Å². The number of hydrogen-bond acceptors (Lipinski definition) is 3. The Morgan fingerprint density at radius 3 is 2.72 bits per heavy atom. The van der Waals surface area contributed by atoms with Crippen LogP contribution < -0.4 is 0 Å². The predicted octanol–water partition coefficient (Wildman–Crippen LogP) is 6.26. The second kappa shape index (κ2) is 8.11. The number of benzene rings is 2. The Hall–Kier alpha value is -1.98. The van der Waals surface area contributed by atoms with Crippen LogP contribution in [0, 0.1) is 10.8 Å². The Kier molecular flexibility index (Phi) is 5.53. The van der Waals surface area contributed by atoms with E-state index in [9.17, 15) is 4.79 Å². The number of fused-ring (bicyclic) bond motifs is 3. The van der Waals surface area contributed by atoms with Crippen molar-refractivity contribution in [2.75, 3.05) is 12.3 Å². The highest BCUT2D eigenvalue weighted by Gasteiger charge is 2.50. The van der Waals surface area contributed by atoms with Crippen LogP contribution in [-0.4, -0.2) is 38.7 Å². The molecule has 1 aliphatic carbocycles. The molecule has 2 aromatic carbocycles. The quantitative estimate of drug-likeness (QED) is 0.416. The molecular formula is C26H30ClN3OS. The fourth-order valence-electron chi connectivity index (χ4n) is 6.07. The maximum absolute atomic E-state index is 13.3. The lowest BCUT2D eigenvalue weighted by atomic mass is 9.65. The smallest absolute Gasteiger partial charge is 0.233 e. The van der Waals surface area contributed by atoms with Gasteiger partial charge in [-0.2, -0.15) is 0 Å². The lowest BCUT2D eigenvalue weighted by Crippen LogP contribution is -2.38. The summed E-state index contributed by atoms with van der Waals surface area (Å²) in [6.07, 6.45) is 3.43. The molecule has 1 aliphatic heterocycles. The van der Waals surface area contributed by atoms with Gasteiger partial charge >= 0.3 is 0 Å². The number of rotatable bonds is 5. The normalized spacial score (nSPS) is 24.2. The molecule has 2 heterocycles. The lowest BCUT2D eigenvalue weighted by Gasteiger charge is -2.39. The van der Waals surface area contributed by atoms with Gasteiger partial charge in [0.05, 0.1) is 23.3 Å². The molecule has 5 rings (SSSR count). The number of imidazole rings is 1. The van der Waals surface area contributed by atoms with Crippen LogP contribution in [0.15, 0.2) is 53.7 Å². The summed E-state index contributed by atoms with van der Waals surface area (Å²) in [5, 5.41) is 1.54. The number of hydrogen-bond donors (Lipinski definition) is 0. The van der Waals surface area contributed by atoms with Gasteiger partial charge in [0.25, 0.3) is 0 Å². The SMILES string of the molecule is CC1(C)CC2CC(C)(CN2C(=O)CSc2nc3cc(Cl)ccc3n2Cc2ccccc2)C1. The lowest BCUT2D eigenvalue weighted by molar-refractivity contribution is -0.129. The molecule has 0 N–H and O–H groups in total. The number of carbonyl (C=O) groups excluding carboxylic acids is 1. The third kappa shape index (κ3) is 4.29. The molecule has 3 aromatic rings. The van der Waals surface area contributed by atoms with Crippen molar-refractivity contribution >= 4 is 40.3 Å². The summed E-state index contributed by atoms with van der Waals surface area (Å²) < 4.78 is 2.20. The molecule has 0 radical (unpaired) electrons. The van der Waals surface area contributed by atoms with Crippen LogP contribution in [-0.2, 0) is 11.3 Å². The molecule has 6 heteroatoms. The van der Waals surface area contributed by atoms with Gasteiger partial charge in [-0.25, -0.2) is 4.98 Å². The van der Waals surface area contributed by atoms with Crippen molar-refractivity contribution < 1.29 is 4.79 Å². The summed E-state index contributed by atoms with van der Waals surface area (Å²) >= 11 is 7.77. The Morgan fingerprint density at radius 2 is 1.94 bits per heavy atom. The van der Waals surface area contributed by atoms with Crippen molar-refractivity contribution in [2.45, 2.75) is 57.8 Å². The third-order valence-electron chi connectivity index (χ3n) is 6.92. The average molecular weight is 468 g/mol. The molecule has 1 aromatic heterocycles. The van der Waals surface area contributed by atoms with Crippen LogP contribution >= 0.6 is 23.4 Å². The zero-order valence-corrected chi connectivity index (χ0v) is 20.5. The van der Waals surface area contributed by atoms with E-state index in [1.807, 2.05) is 24.3 Å². The Morgan fingerprint density at radius 1 is 1.16 bits per heavy atom. The van der Waals surface area contributed by atoms with Crippen LogP contribution in [0.1, 0.15) is 45.6 Å². The molecule has 32 heavy (non-hydrogen) atoms. The van der Waals surface area contributed by atoms with Crippen molar-refractivity contribution in [3.8, 4) is 0 Å². The highest BCUT2D eigenvalue weighted by molar-refractivity contribution is 7.99. The van der Waals surface area contributed by atoms with Gasteiger partial charge in [-0.05, 0) is 53.9 Å². The van der Waals surface area contributed by atoms with Crippen molar-refractivity contribution in [2.24, 2.45) is 10.8 Å². The standard InChI is InChI=1S/C26H30ClN3OS/c1-25(2)12-20-13-26(3,16-25)17-30(20)23(31)15-32-24-28-21-11-19(27)9-10-22(21)29(24)14-18-7-5-4-6-8-18/h4-11,20H,12-17H2,1-3H3. The van der Waals surface area contributed by atoms with E-state index >= 15 is 0 Å². The van der Waals surface area contributed by atoms with Gasteiger partial charge in [-0.15, -0.1) is 0 Å². The van der Waals surface area contributed by atoms with E-state index in [0.29, 0.717) is 28.8 Å². The molecule has 2 aliphatic rings. The summed E-state index contributed by atoms with van der Waals surface area (Å²) in [5.74, 6) is 0.650. The number of carbonyl (C=O) groups is 1. The van der Waals surface area contributed by atoms with Gasteiger partial charge < -0.3 is 9.47 Å². The Bertz CT molecular complexity index is 1160. The first kappa shape index (κ1) is 21.8. The minimum atomic E-state index is 0.234. The third-order valence-corrected chi connectivity index (χ3v) is 8.11. The Balaban J connectivity index is 1.37. The zero-order valence-electron chi connectivity index (χ0n) is 19.0. The molecular weight excluding hydrogens is 438 g/mol. The summed E-state index contributed by atoms with van der Waals surface area (Å²) in [7, 11) is 0. The first-order chi connectivity index (χ1) is 15.2. The van der Waals surface area contributed by atoms with Gasteiger partial charge in [0, 0.05) is 17.6 Å². The highest BCUT2D eigenvalue weighted by Crippen LogP contribution is 2.52. The number of likely N-dealkylation sites (tertiary alicyclic amines) is 1. The first-order valence-electron chi connectivity index (χ1n) is 11.3. The second-order valence-corrected chi connectivity index (χ2v) is 12.0. The van der Waals surface area contributed by atoms with Gasteiger partial charge in [-0.1, -0.05) is 74.5 Å². The summed E-state index contributed by atoms with van der Waals surface area (Å²) in [5.41, 5.74) is 3.68. The molecule has 168 valence electrons. The topological polar surface area (TPSA) is 38.1 Å². The van der Waals surface area contributed by atoms with E-state index < -0.39 is 0 Å². The molecule has 4 nitrogen and oxygen atoms in total. The number of aromatic nitrogens is 2. The fourth-order valence-corrected chi connectivity index (χ4v) is 7.14. The van der Waals surface area contributed by atoms with E-state index in [-0.39, 0.29) is 11.3 Å². The molecule has 2 unspecified atom stereocenters. The van der Waals surface area contributed by atoms with Crippen LogP contribution in [0.4, 0.5) is 0 Å². The largest absolute Gasteiger partial charge is 0.338 e.